The van der Waals surface area contributed by atoms with Crippen molar-refractivity contribution >= 4 is 29.2 Å². The van der Waals surface area contributed by atoms with Gasteiger partial charge in [0.15, 0.2) is 16.7 Å². The number of hydrogen-bond acceptors (Lipinski definition) is 7. The van der Waals surface area contributed by atoms with Crippen LogP contribution in [-0.4, -0.2) is 69.9 Å². The maximum Gasteiger partial charge on any atom is 0.174 e. The van der Waals surface area contributed by atoms with E-state index in [-0.39, 0.29) is 0 Å². The van der Waals surface area contributed by atoms with Crippen molar-refractivity contribution < 1.29 is 9.47 Å². The fourth-order valence-electron chi connectivity index (χ4n) is 3.51. The monoisotopic (exact) mass is 444 g/mol. The molecule has 1 aliphatic rings. The summed E-state index contributed by atoms with van der Waals surface area (Å²) in [6.07, 6.45) is 4.77. The molecule has 160 valence electrons. The predicted octanol–water partition coefficient (Wildman–Crippen LogP) is 4.33. The molecule has 0 N–H and O–H groups in total. The number of nitrogens with zero attached hydrogens (tertiary/aromatic N) is 4. The van der Waals surface area contributed by atoms with Gasteiger partial charge in [-0.1, -0.05) is 18.7 Å². The van der Waals surface area contributed by atoms with Crippen LogP contribution in [0.1, 0.15) is 13.3 Å². The van der Waals surface area contributed by atoms with Gasteiger partial charge >= 0.3 is 0 Å². The summed E-state index contributed by atoms with van der Waals surface area (Å²) in [4.78, 5) is 11.8. The summed E-state index contributed by atoms with van der Waals surface area (Å²) in [6, 6.07) is 8.03. The van der Waals surface area contributed by atoms with Crippen LogP contribution in [0.25, 0.3) is 16.9 Å². The van der Waals surface area contributed by atoms with Crippen LogP contribution in [0.4, 0.5) is 0 Å². The van der Waals surface area contributed by atoms with Crippen molar-refractivity contribution in [3.63, 3.8) is 0 Å². The first kappa shape index (κ1) is 21.3. The highest BCUT2D eigenvalue weighted by Crippen LogP contribution is 2.33. The Bertz CT molecular complexity index is 973. The SMILES string of the molecule is CCSc1nc(-c2ccc(OCCCN3CCSCC3)c(OC)c2)cc2nccn12. The molecule has 1 aromatic carbocycles. The minimum Gasteiger partial charge on any atom is -0.493 e. The second-order valence-corrected chi connectivity index (χ2v) is 9.49. The number of thioether (sulfide) groups is 2. The molecule has 1 fully saturated rings. The van der Waals surface area contributed by atoms with E-state index < -0.39 is 0 Å². The molecule has 0 bridgehead atoms. The second-order valence-electron chi connectivity index (χ2n) is 7.03. The molecule has 30 heavy (non-hydrogen) atoms. The molecular weight excluding hydrogens is 416 g/mol. The van der Waals surface area contributed by atoms with Gasteiger partial charge in [0.1, 0.15) is 5.65 Å². The summed E-state index contributed by atoms with van der Waals surface area (Å²) in [5, 5.41) is 0.943. The van der Waals surface area contributed by atoms with Crippen molar-refractivity contribution in [2.24, 2.45) is 0 Å². The zero-order chi connectivity index (χ0) is 20.8. The zero-order valence-corrected chi connectivity index (χ0v) is 19.2. The van der Waals surface area contributed by atoms with Gasteiger partial charge in [-0.2, -0.15) is 11.8 Å². The minimum absolute atomic E-state index is 0.689. The largest absolute Gasteiger partial charge is 0.493 e. The number of hydrogen-bond donors (Lipinski definition) is 0. The maximum atomic E-state index is 6.03. The molecule has 1 saturated heterocycles. The third-order valence-electron chi connectivity index (χ3n) is 5.07. The smallest absolute Gasteiger partial charge is 0.174 e. The third-order valence-corrected chi connectivity index (χ3v) is 6.85. The quantitative estimate of drug-likeness (QED) is 0.276. The van der Waals surface area contributed by atoms with Crippen LogP contribution < -0.4 is 9.47 Å². The third kappa shape index (κ3) is 5.04. The Hall–Kier alpha value is -1.90. The molecule has 3 aromatic rings. The molecule has 2 aromatic heterocycles. The Morgan fingerprint density at radius 1 is 1.17 bits per heavy atom. The van der Waals surface area contributed by atoms with E-state index in [1.165, 1.54) is 24.6 Å². The molecule has 0 amide bonds. The van der Waals surface area contributed by atoms with Gasteiger partial charge in [-0.3, -0.25) is 4.40 Å². The van der Waals surface area contributed by atoms with Crippen molar-refractivity contribution in [3.05, 3.63) is 36.7 Å². The van der Waals surface area contributed by atoms with Gasteiger partial charge in [0, 0.05) is 55.2 Å². The lowest BCUT2D eigenvalue weighted by molar-refractivity contribution is 0.242. The number of benzene rings is 1. The summed E-state index contributed by atoms with van der Waals surface area (Å²) in [5.74, 6) is 4.95. The van der Waals surface area contributed by atoms with Crippen LogP contribution in [0.5, 0.6) is 11.5 Å². The molecule has 0 saturated carbocycles. The summed E-state index contributed by atoms with van der Waals surface area (Å²) in [7, 11) is 1.68. The highest BCUT2D eigenvalue weighted by Gasteiger charge is 2.13. The van der Waals surface area contributed by atoms with Crippen LogP contribution in [0.2, 0.25) is 0 Å². The highest BCUT2D eigenvalue weighted by molar-refractivity contribution is 7.99. The predicted molar refractivity (Wildman–Crippen MR) is 125 cm³/mol. The summed E-state index contributed by atoms with van der Waals surface area (Å²) in [5.41, 5.74) is 2.78. The van der Waals surface area contributed by atoms with Gasteiger partial charge in [0.2, 0.25) is 0 Å². The van der Waals surface area contributed by atoms with Gasteiger partial charge in [0.25, 0.3) is 0 Å². The average molecular weight is 445 g/mol. The van der Waals surface area contributed by atoms with Crippen molar-refractivity contribution in [2.45, 2.75) is 18.5 Å². The molecule has 0 spiro atoms. The lowest BCUT2D eigenvalue weighted by Gasteiger charge is -2.25. The Kier molecular flexibility index (Phi) is 7.41. The van der Waals surface area contributed by atoms with Crippen molar-refractivity contribution in [3.8, 4) is 22.8 Å². The van der Waals surface area contributed by atoms with Gasteiger partial charge in [-0.15, -0.1) is 0 Å². The van der Waals surface area contributed by atoms with Crippen molar-refractivity contribution in [1.82, 2.24) is 19.3 Å². The Labute approximate surface area is 186 Å². The number of rotatable bonds is 9. The van der Waals surface area contributed by atoms with E-state index in [2.05, 4.69) is 16.8 Å². The molecule has 4 rings (SSSR count). The molecule has 0 radical (unpaired) electrons. The van der Waals surface area contributed by atoms with Crippen molar-refractivity contribution in [1.29, 1.82) is 0 Å². The topological polar surface area (TPSA) is 51.9 Å². The number of imidazole rings is 1. The van der Waals surface area contributed by atoms with Crippen LogP contribution in [0, 0.1) is 0 Å². The zero-order valence-electron chi connectivity index (χ0n) is 17.5. The molecule has 0 aliphatic carbocycles. The number of ether oxygens (including phenoxy) is 2. The number of methoxy groups -OCH3 is 1. The summed E-state index contributed by atoms with van der Waals surface area (Å²) >= 11 is 3.75. The number of fused-ring (bicyclic) bond motifs is 1. The Morgan fingerprint density at radius 3 is 2.83 bits per heavy atom. The van der Waals surface area contributed by atoms with E-state index in [0.717, 1.165) is 52.3 Å². The molecule has 6 nitrogen and oxygen atoms in total. The lowest BCUT2D eigenvalue weighted by Crippen LogP contribution is -2.33. The van der Waals surface area contributed by atoms with Gasteiger partial charge in [0.05, 0.1) is 19.4 Å². The molecule has 0 atom stereocenters. The minimum atomic E-state index is 0.689. The molecular formula is C22H28N4O2S2. The summed E-state index contributed by atoms with van der Waals surface area (Å²) < 4.78 is 13.7. The fourth-order valence-corrected chi connectivity index (χ4v) is 5.21. The van der Waals surface area contributed by atoms with Gasteiger partial charge < -0.3 is 14.4 Å². The maximum absolute atomic E-state index is 6.03. The van der Waals surface area contributed by atoms with E-state index in [1.807, 2.05) is 46.6 Å². The normalized spacial score (nSPS) is 14.9. The van der Waals surface area contributed by atoms with E-state index >= 15 is 0 Å². The Morgan fingerprint density at radius 2 is 2.03 bits per heavy atom. The fraction of sp³-hybridized carbons (Fsp3) is 0.455. The molecule has 3 heterocycles. The summed E-state index contributed by atoms with van der Waals surface area (Å²) in [6.45, 7) is 6.28. The van der Waals surface area contributed by atoms with E-state index in [9.17, 15) is 0 Å². The van der Waals surface area contributed by atoms with Crippen LogP contribution >= 0.6 is 23.5 Å². The Balaban J connectivity index is 1.46. The highest BCUT2D eigenvalue weighted by atomic mass is 32.2. The first-order chi connectivity index (χ1) is 14.8. The number of aromatic nitrogens is 3. The van der Waals surface area contributed by atoms with Crippen LogP contribution in [0.15, 0.2) is 41.8 Å². The first-order valence-corrected chi connectivity index (χ1v) is 12.5. The van der Waals surface area contributed by atoms with E-state index in [0.29, 0.717) is 6.61 Å². The van der Waals surface area contributed by atoms with Crippen molar-refractivity contribution in [2.75, 3.05) is 50.6 Å². The van der Waals surface area contributed by atoms with Crippen LogP contribution in [0.3, 0.4) is 0 Å². The first-order valence-electron chi connectivity index (χ1n) is 10.4. The van der Waals surface area contributed by atoms with Crippen LogP contribution in [-0.2, 0) is 0 Å². The second kappa shape index (κ2) is 10.4. The molecule has 1 aliphatic heterocycles. The lowest BCUT2D eigenvalue weighted by atomic mass is 10.1. The average Bonchev–Trinajstić information content (AvgIpc) is 3.27. The van der Waals surface area contributed by atoms with E-state index in [1.54, 1.807) is 25.1 Å². The molecule has 8 heteroatoms. The van der Waals surface area contributed by atoms with E-state index in [4.69, 9.17) is 14.5 Å². The van der Waals surface area contributed by atoms with Gasteiger partial charge in [-0.05, 0) is 30.4 Å². The van der Waals surface area contributed by atoms with Gasteiger partial charge in [-0.25, -0.2) is 9.97 Å². The standard InChI is InChI=1S/C22H28N4O2S2/c1-3-30-22-24-18(16-21-23-7-9-26(21)22)17-5-6-19(20(15-17)27-2)28-12-4-8-25-10-13-29-14-11-25/h5-7,9,15-16H,3-4,8,10-14H2,1-2H3. The molecule has 0 unspecified atom stereocenters.